The number of rotatable bonds is 0. The van der Waals surface area contributed by atoms with Gasteiger partial charge in [-0.3, -0.25) is 0 Å². The van der Waals surface area contributed by atoms with E-state index in [1.807, 2.05) is 0 Å². The zero-order chi connectivity index (χ0) is 2.71. The van der Waals surface area contributed by atoms with Gasteiger partial charge in [-0.1, -0.05) is 7.43 Å². The molecule has 0 atom stereocenters. The Hall–Kier alpha value is 0.239. The van der Waals surface area contributed by atoms with Crippen molar-refractivity contribution in [1.82, 2.24) is 0 Å². The summed E-state index contributed by atoms with van der Waals surface area (Å²) in [5.41, 5.74) is 0. The van der Waals surface area contributed by atoms with Crippen molar-refractivity contribution < 1.29 is 28.7 Å². The third-order valence-corrected chi connectivity index (χ3v) is 0. The summed E-state index contributed by atoms with van der Waals surface area (Å²) in [4.78, 5) is 0. The second-order valence-corrected chi connectivity index (χ2v) is 0.266. The quantitative estimate of drug-likeness (QED) is 0.425. The molecule has 0 radical (unpaired) electrons. The van der Waals surface area contributed by atoms with Crippen LogP contribution in [0.5, 0.6) is 0 Å². The monoisotopic (exact) mass is 123 g/mol. The first kappa shape index (κ1) is 18.8. The molecule has 0 unspecified atom stereocenters. The van der Waals surface area contributed by atoms with Crippen LogP contribution in [0.15, 0.2) is 0 Å². The van der Waals surface area contributed by atoms with E-state index in [1.54, 1.807) is 0 Å². The van der Waals surface area contributed by atoms with E-state index in [0.717, 1.165) is 0 Å². The molecule has 37 valence electrons. The van der Waals surface area contributed by atoms with Crippen LogP contribution in [0.25, 0.3) is 0 Å². The molecule has 0 aliphatic heterocycles. The van der Waals surface area contributed by atoms with Gasteiger partial charge in [0.1, 0.15) is 0 Å². The van der Waals surface area contributed by atoms with E-state index in [9.17, 15) is 0 Å². The van der Waals surface area contributed by atoms with Gasteiger partial charge in [0, 0.05) is 0 Å². The molecule has 0 bridgehead atoms. The van der Waals surface area contributed by atoms with Crippen molar-refractivity contribution in [2.24, 2.45) is 0 Å². The Morgan fingerprint density at radius 2 is 1.60 bits per heavy atom. The third-order valence-electron chi connectivity index (χ3n) is 0. The second kappa shape index (κ2) is 29.0. The van der Waals surface area contributed by atoms with E-state index in [1.165, 1.54) is 0 Å². The van der Waals surface area contributed by atoms with Crippen molar-refractivity contribution in [3.05, 3.63) is 0 Å². The summed E-state index contributed by atoms with van der Waals surface area (Å²) in [6.45, 7) is 0. The first-order valence-corrected chi connectivity index (χ1v) is 1.25. The summed E-state index contributed by atoms with van der Waals surface area (Å²) in [5, 5.41) is 0. The molecule has 0 saturated carbocycles. The van der Waals surface area contributed by atoms with Gasteiger partial charge in [0.25, 0.3) is 0 Å². The van der Waals surface area contributed by atoms with E-state index < -0.39 is 15.2 Å². The Bertz CT molecular complexity index is 14.4. The molecule has 0 heterocycles. The van der Waals surface area contributed by atoms with Gasteiger partial charge in [0.05, 0.1) is 0 Å². The van der Waals surface area contributed by atoms with Gasteiger partial charge < -0.3 is 5.48 Å². The molecule has 0 aromatic rings. The average Bonchev–Trinajstić information content (AvgIpc) is 0.918. The minimum absolute atomic E-state index is 0. The van der Waals surface area contributed by atoms with Crippen LogP contribution >= 0.6 is 0 Å². The van der Waals surface area contributed by atoms with Gasteiger partial charge >= 0.3 is 23.2 Å². The van der Waals surface area contributed by atoms with E-state index in [0.29, 0.717) is 0 Å². The molecule has 0 aromatic heterocycles. The molecule has 0 amide bonds. The molecule has 5 heavy (non-hydrogen) atoms. The van der Waals surface area contributed by atoms with Gasteiger partial charge in [0.15, 0.2) is 0 Å². The van der Waals surface area contributed by atoms with Crippen molar-refractivity contribution in [3.63, 3.8) is 0 Å². The summed E-state index contributed by atoms with van der Waals surface area (Å²) in [5.74, 6) is 0. The van der Waals surface area contributed by atoms with Crippen LogP contribution in [0.3, 0.4) is 0 Å². The Labute approximate surface area is 37.0 Å². The Kier molecular flexibility index (Phi) is 109. The molecular weight excluding hydrogens is 116 g/mol. The number of hydrogen-bond acceptors (Lipinski definition) is 1. The first-order chi connectivity index (χ1) is 1.41. The van der Waals surface area contributed by atoms with E-state index in [2.05, 4.69) is 0 Å². The Balaban J connectivity index is -0.0000000200. The maximum atomic E-state index is 8.49. The predicted octanol–water partition coefficient (Wildman–Crippen LogP) is -0.867. The van der Waals surface area contributed by atoms with Crippen molar-refractivity contribution in [1.29, 1.82) is 0 Å². The molecule has 0 saturated heterocycles. The Morgan fingerprint density at radius 1 is 1.60 bits per heavy atom. The van der Waals surface area contributed by atoms with Crippen LogP contribution in [0.2, 0.25) is 0 Å². The molecule has 0 aromatic carbocycles. The fourth-order valence-electron chi connectivity index (χ4n) is 0. The van der Waals surface area contributed by atoms with Crippen LogP contribution in [0, 0.1) is 0 Å². The molecular formula is CH7FeO3. The van der Waals surface area contributed by atoms with E-state index in [4.69, 9.17) is 8.02 Å². The first-order valence-electron chi connectivity index (χ1n) is 0.302. The normalized spacial score (nSPS) is 3.40. The van der Waals surface area contributed by atoms with Gasteiger partial charge in [-0.2, -0.15) is 0 Å². The summed E-state index contributed by atoms with van der Waals surface area (Å²) < 4.78 is 15.5. The molecule has 4 heteroatoms. The summed E-state index contributed by atoms with van der Waals surface area (Å²) in [6.07, 6.45) is 0. The molecule has 0 aliphatic carbocycles. The van der Waals surface area contributed by atoms with Crippen LogP contribution in [-0.4, -0.2) is 9.67 Å². The van der Waals surface area contributed by atoms with E-state index in [-0.39, 0.29) is 12.9 Å². The van der Waals surface area contributed by atoms with Crippen LogP contribution in [0.4, 0.5) is 0 Å². The summed E-state index contributed by atoms with van der Waals surface area (Å²) in [6, 6.07) is 0. The fraction of sp³-hybridized carbons (Fsp3) is 1.00. The van der Waals surface area contributed by atoms with Crippen LogP contribution in [0.1, 0.15) is 7.43 Å². The third kappa shape index (κ3) is 371. The minimum atomic E-state index is -1.00. The number of hydrogen-bond donors (Lipinski definition) is 1. The molecule has 0 spiro atoms. The van der Waals surface area contributed by atoms with Gasteiger partial charge in [-0.25, -0.2) is 0 Å². The maximum absolute atomic E-state index is 8.49. The van der Waals surface area contributed by atoms with Gasteiger partial charge in [0.2, 0.25) is 0 Å². The topological polar surface area (TPSA) is 68.8 Å². The Morgan fingerprint density at radius 3 is 1.60 bits per heavy atom. The molecule has 3 nitrogen and oxygen atoms in total. The van der Waals surface area contributed by atoms with Crippen molar-refractivity contribution in [2.75, 3.05) is 0 Å². The van der Waals surface area contributed by atoms with Gasteiger partial charge in [-0.15, -0.1) is 0 Å². The molecule has 0 rings (SSSR count). The molecule has 3 N–H and O–H groups in total. The van der Waals surface area contributed by atoms with Crippen molar-refractivity contribution in [2.45, 2.75) is 7.43 Å². The zero-order valence-corrected chi connectivity index (χ0v) is 2.81. The zero-order valence-electron chi connectivity index (χ0n) is 1.71. The van der Waals surface area contributed by atoms with Crippen molar-refractivity contribution in [3.8, 4) is 0 Å². The second-order valence-electron chi connectivity index (χ2n) is 0.0645. The predicted molar refractivity (Wildman–Crippen MR) is 13.3 cm³/mol. The fourth-order valence-corrected chi connectivity index (χ4v) is 0. The van der Waals surface area contributed by atoms with Gasteiger partial charge in [-0.05, 0) is 0 Å². The summed E-state index contributed by atoms with van der Waals surface area (Å²) in [7, 11) is 0. The van der Waals surface area contributed by atoms with Crippen LogP contribution < -0.4 is 0 Å². The average molecular weight is 123 g/mol. The van der Waals surface area contributed by atoms with E-state index >= 15 is 0 Å². The standard InChI is InChI=1S/CH4.Fe.2H2O.O/h1H4;;2*1H2;/q;+1;;;/p-1. The SMILES string of the molecule is C.O.[O]=[Fe][OH]. The molecule has 0 aliphatic rings. The van der Waals surface area contributed by atoms with Crippen molar-refractivity contribution >= 4 is 0 Å². The van der Waals surface area contributed by atoms with Crippen LogP contribution in [-0.2, 0) is 19.1 Å². The summed E-state index contributed by atoms with van der Waals surface area (Å²) >= 11 is -1.00. The molecule has 0 fully saturated rings.